The van der Waals surface area contributed by atoms with Crippen LogP contribution in [-0.4, -0.2) is 36.5 Å². The van der Waals surface area contributed by atoms with Gasteiger partial charge in [0.25, 0.3) is 0 Å². The molecule has 0 spiro atoms. The predicted molar refractivity (Wildman–Crippen MR) is 89.4 cm³/mol. The van der Waals surface area contributed by atoms with Crippen molar-refractivity contribution in [3.8, 4) is 0 Å². The van der Waals surface area contributed by atoms with Crippen molar-refractivity contribution in [2.24, 2.45) is 0 Å². The summed E-state index contributed by atoms with van der Waals surface area (Å²) in [5, 5.41) is 0. The lowest BCUT2D eigenvalue weighted by Crippen LogP contribution is -2.39. The van der Waals surface area contributed by atoms with Crippen LogP contribution in [0, 0.1) is 0 Å². The van der Waals surface area contributed by atoms with Crippen LogP contribution in [0.5, 0.6) is 0 Å². The van der Waals surface area contributed by atoms with Crippen LogP contribution in [0.15, 0.2) is 66.7 Å². The first kappa shape index (κ1) is 14.4. The lowest BCUT2D eigenvalue weighted by atomic mass is 10.0. The normalized spacial score (nSPS) is 17.3. The second-order valence-corrected chi connectivity index (χ2v) is 5.72. The Morgan fingerprint density at radius 1 is 1.00 bits per heavy atom. The van der Waals surface area contributed by atoms with Gasteiger partial charge in [-0.05, 0) is 16.7 Å². The average molecular weight is 292 g/mol. The molecule has 3 rings (SSSR count). The summed E-state index contributed by atoms with van der Waals surface area (Å²) >= 11 is 0. The van der Waals surface area contributed by atoms with E-state index in [1.54, 1.807) is 19.0 Å². The molecule has 1 heterocycles. The van der Waals surface area contributed by atoms with Gasteiger partial charge in [0.1, 0.15) is 0 Å². The third kappa shape index (κ3) is 2.75. The predicted octanol–water partition coefficient (Wildman–Crippen LogP) is 3.81. The molecule has 0 bridgehead atoms. The van der Waals surface area contributed by atoms with Gasteiger partial charge in [0.05, 0.1) is 6.04 Å². The highest BCUT2D eigenvalue weighted by molar-refractivity contribution is 5.81. The van der Waals surface area contributed by atoms with Crippen LogP contribution < -0.4 is 0 Å². The zero-order valence-electron chi connectivity index (χ0n) is 12.9. The quantitative estimate of drug-likeness (QED) is 0.825. The highest BCUT2D eigenvalue weighted by Crippen LogP contribution is 2.34. The van der Waals surface area contributed by atoms with E-state index in [1.165, 1.54) is 11.1 Å². The average Bonchev–Trinajstić information content (AvgIpc) is 3.01. The molecular weight excluding hydrogens is 272 g/mol. The maximum absolute atomic E-state index is 12.5. The number of hydrogen-bond acceptors (Lipinski definition) is 1. The summed E-state index contributed by atoms with van der Waals surface area (Å²) in [5.41, 5.74) is 3.52. The highest BCUT2D eigenvalue weighted by Gasteiger charge is 2.31. The van der Waals surface area contributed by atoms with Gasteiger partial charge in [-0.25, -0.2) is 4.79 Å². The Morgan fingerprint density at radius 3 is 2.18 bits per heavy atom. The van der Waals surface area contributed by atoms with Crippen LogP contribution >= 0.6 is 0 Å². The monoisotopic (exact) mass is 292 g/mol. The largest absolute Gasteiger partial charge is 0.331 e. The van der Waals surface area contributed by atoms with E-state index in [0.29, 0.717) is 6.54 Å². The van der Waals surface area contributed by atoms with E-state index in [1.807, 2.05) is 41.3 Å². The molecule has 1 aliphatic heterocycles. The zero-order chi connectivity index (χ0) is 15.5. The molecule has 2 aromatic rings. The van der Waals surface area contributed by atoms with Crippen LogP contribution in [0.1, 0.15) is 17.2 Å². The Hall–Kier alpha value is -2.55. The fraction of sp³-hybridized carbons (Fsp3) is 0.211. The summed E-state index contributed by atoms with van der Waals surface area (Å²) in [4.78, 5) is 16.1. The molecule has 0 aliphatic carbocycles. The van der Waals surface area contributed by atoms with E-state index in [2.05, 4.69) is 30.3 Å². The minimum absolute atomic E-state index is 0.00805. The number of rotatable bonds is 2. The van der Waals surface area contributed by atoms with E-state index in [9.17, 15) is 4.79 Å². The molecule has 0 aromatic heterocycles. The third-order valence-corrected chi connectivity index (χ3v) is 3.95. The van der Waals surface area contributed by atoms with Gasteiger partial charge in [-0.2, -0.15) is 0 Å². The molecule has 3 heteroatoms. The summed E-state index contributed by atoms with van der Waals surface area (Å²) in [6.07, 6.45) is 2.20. The van der Waals surface area contributed by atoms with Crippen molar-refractivity contribution in [3.63, 3.8) is 0 Å². The molecule has 2 aromatic carbocycles. The van der Waals surface area contributed by atoms with Gasteiger partial charge >= 0.3 is 6.03 Å². The van der Waals surface area contributed by atoms with Gasteiger partial charge < -0.3 is 9.80 Å². The van der Waals surface area contributed by atoms with Crippen molar-refractivity contribution in [1.82, 2.24) is 9.80 Å². The van der Waals surface area contributed by atoms with Gasteiger partial charge in [0.2, 0.25) is 0 Å². The lowest BCUT2D eigenvalue weighted by molar-refractivity contribution is 0.170. The fourth-order valence-corrected chi connectivity index (χ4v) is 2.82. The molecule has 1 aliphatic rings. The number of hydrogen-bond donors (Lipinski definition) is 0. The maximum atomic E-state index is 12.5. The SMILES string of the molecule is CN(C)C(=O)N1CC(c2ccccc2)=CC1c1ccccc1. The number of carbonyl (C=O) groups is 1. The minimum atomic E-state index is -0.00805. The van der Waals surface area contributed by atoms with Crippen LogP contribution in [0.3, 0.4) is 0 Å². The lowest BCUT2D eigenvalue weighted by Gasteiger charge is -2.28. The number of benzene rings is 2. The molecule has 0 N–H and O–H groups in total. The summed E-state index contributed by atoms with van der Waals surface area (Å²) < 4.78 is 0. The number of nitrogens with zero attached hydrogens (tertiary/aromatic N) is 2. The first-order valence-corrected chi connectivity index (χ1v) is 7.46. The van der Waals surface area contributed by atoms with Crippen LogP contribution in [0.25, 0.3) is 5.57 Å². The standard InChI is InChI=1S/C19H20N2O/c1-20(2)19(22)21-14-17(15-9-5-3-6-10-15)13-18(21)16-11-7-4-8-12-16/h3-13,18H,14H2,1-2H3. The van der Waals surface area contributed by atoms with Gasteiger partial charge in [-0.3, -0.25) is 0 Å². The van der Waals surface area contributed by atoms with Crippen molar-refractivity contribution in [2.75, 3.05) is 20.6 Å². The fourth-order valence-electron chi connectivity index (χ4n) is 2.82. The van der Waals surface area contributed by atoms with Gasteiger partial charge in [-0.1, -0.05) is 66.7 Å². The summed E-state index contributed by atoms with van der Waals surface area (Å²) in [5.74, 6) is 0. The maximum Gasteiger partial charge on any atom is 0.320 e. The Kier molecular flexibility index (Phi) is 3.96. The van der Waals surface area contributed by atoms with Crippen molar-refractivity contribution < 1.29 is 4.79 Å². The van der Waals surface area contributed by atoms with Crippen molar-refractivity contribution >= 4 is 11.6 Å². The van der Waals surface area contributed by atoms with E-state index < -0.39 is 0 Å². The molecule has 2 amide bonds. The third-order valence-electron chi connectivity index (χ3n) is 3.95. The Morgan fingerprint density at radius 2 is 1.59 bits per heavy atom. The molecule has 0 radical (unpaired) electrons. The van der Waals surface area contributed by atoms with Crippen LogP contribution in [0.2, 0.25) is 0 Å². The highest BCUT2D eigenvalue weighted by atomic mass is 16.2. The smallest absolute Gasteiger partial charge is 0.320 e. The topological polar surface area (TPSA) is 23.6 Å². The van der Waals surface area contributed by atoms with E-state index in [-0.39, 0.29) is 12.1 Å². The molecule has 0 saturated heterocycles. The molecule has 0 fully saturated rings. The molecule has 1 atom stereocenters. The summed E-state index contributed by atoms with van der Waals surface area (Å²) in [7, 11) is 3.59. The van der Waals surface area contributed by atoms with Gasteiger partial charge in [0, 0.05) is 20.6 Å². The first-order valence-electron chi connectivity index (χ1n) is 7.46. The second kappa shape index (κ2) is 6.06. The van der Waals surface area contributed by atoms with E-state index in [0.717, 1.165) is 5.56 Å². The van der Waals surface area contributed by atoms with Crippen LogP contribution in [0.4, 0.5) is 4.79 Å². The van der Waals surface area contributed by atoms with Crippen LogP contribution in [-0.2, 0) is 0 Å². The summed E-state index contributed by atoms with van der Waals surface area (Å²) in [6.45, 7) is 0.639. The molecule has 0 saturated carbocycles. The molecule has 3 nitrogen and oxygen atoms in total. The molecular formula is C19H20N2O. The Balaban J connectivity index is 1.97. The van der Waals surface area contributed by atoms with E-state index in [4.69, 9.17) is 0 Å². The molecule has 22 heavy (non-hydrogen) atoms. The Labute approximate surface area is 131 Å². The second-order valence-electron chi connectivity index (χ2n) is 5.72. The minimum Gasteiger partial charge on any atom is -0.331 e. The number of urea groups is 1. The zero-order valence-corrected chi connectivity index (χ0v) is 12.9. The van der Waals surface area contributed by atoms with Crippen molar-refractivity contribution in [3.05, 3.63) is 77.9 Å². The Bertz CT molecular complexity index is 677. The van der Waals surface area contributed by atoms with Crippen molar-refractivity contribution in [1.29, 1.82) is 0 Å². The van der Waals surface area contributed by atoms with Gasteiger partial charge in [0.15, 0.2) is 0 Å². The summed E-state index contributed by atoms with van der Waals surface area (Å²) in [6, 6.07) is 20.5. The molecule has 112 valence electrons. The van der Waals surface area contributed by atoms with Crippen molar-refractivity contribution in [2.45, 2.75) is 6.04 Å². The first-order chi connectivity index (χ1) is 10.7. The molecule has 1 unspecified atom stereocenters. The van der Waals surface area contributed by atoms with Gasteiger partial charge in [-0.15, -0.1) is 0 Å². The van der Waals surface area contributed by atoms with E-state index >= 15 is 0 Å². The number of carbonyl (C=O) groups excluding carboxylic acids is 1. The number of amides is 2.